The first-order valence-corrected chi connectivity index (χ1v) is 25.8. The van der Waals surface area contributed by atoms with Crippen LogP contribution in [0, 0.1) is 5.92 Å². The highest BCUT2D eigenvalue weighted by molar-refractivity contribution is 6.18. The molecule has 0 amide bonds. The van der Waals surface area contributed by atoms with Crippen LogP contribution in [0.15, 0.2) is 261 Å². The Bertz CT molecular complexity index is 3990. The lowest BCUT2D eigenvalue weighted by Crippen LogP contribution is -2.33. The first-order chi connectivity index (χ1) is 36.0. The van der Waals surface area contributed by atoms with Crippen LogP contribution in [0.1, 0.15) is 53.1 Å². The molecular weight excluding hydrogens is 883 g/mol. The quantitative estimate of drug-likeness (QED) is 0.158. The van der Waals surface area contributed by atoms with Gasteiger partial charge >= 0.3 is 0 Å². The van der Waals surface area contributed by atoms with Crippen molar-refractivity contribution >= 4 is 55.9 Å². The Balaban J connectivity index is 1.15. The topological polar surface area (TPSA) is 11.4 Å². The molecule has 15 rings (SSSR count). The predicted octanol–water partition coefficient (Wildman–Crippen LogP) is 18.2. The monoisotopic (exact) mass is 933 g/mol. The van der Waals surface area contributed by atoms with Crippen molar-refractivity contribution in [1.82, 2.24) is 4.57 Å². The molecule has 3 unspecified atom stereocenters. The van der Waals surface area contributed by atoms with E-state index in [4.69, 9.17) is 0 Å². The minimum atomic E-state index is -0.539. The van der Waals surface area contributed by atoms with Crippen LogP contribution >= 0.6 is 0 Å². The minimum absolute atomic E-state index is 0.125. The van der Waals surface area contributed by atoms with Gasteiger partial charge in [0.15, 0.2) is 0 Å². The summed E-state index contributed by atoms with van der Waals surface area (Å²) in [5, 5.41) is 2.42. The van der Waals surface area contributed by atoms with Gasteiger partial charge in [-0.05, 0) is 129 Å². The Morgan fingerprint density at radius 1 is 0.411 bits per heavy atom. The lowest BCUT2D eigenvalue weighted by molar-refractivity contribution is 0.467. The SMILES string of the molecule is CC1(C)c2ccccc2-c2ccc(-n3c4ccc(N(c5ccccc5)c5ccccc5)cc4c4cc(N(c5ccccc5)c5ccccc5)c5c(c43)C3(c4ccccc4-5)c4ccccc4C4C=CC=CC43)cc21. The highest BCUT2D eigenvalue weighted by atomic mass is 15.2. The van der Waals surface area contributed by atoms with E-state index >= 15 is 0 Å². The predicted molar refractivity (Wildman–Crippen MR) is 304 cm³/mol. The van der Waals surface area contributed by atoms with Crippen molar-refractivity contribution in [3.63, 3.8) is 0 Å². The Kier molecular flexibility index (Phi) is 9.05. The second-order valence-electron chi connectivity index (χ2n) is 20.8. The maximum absolute atomic E-state index is 2.66. The molecule has 4 aliphatic carbocycles. The van der Waals surface area contributed by atoms with Crippen molar-refractivity contribution in [2.45, 2.75) is 30.6 Å². The van der Waals surface area contributed by atoms with Gasteiger partial charge in [0.1, 0.15) is 0 Å². The van der Waals surface area contributed by atoms with Crippen LogP contribution in [-0.4, -0.2) is 4.57 Å². The van der Waals surface area contributed by atoms with E-state index in [1.54, 1.807) is 0 Å². The van der Waals surface area contributed by atoms with Gasteiger partial charge in [-0.15, -0.1) is 0 Å². The fourth-order valence-corrected chi connectivity index (χ4v) is 13.9. The smallest absolute Gasteiger partial charge is 0.0593 e. The summed E-state index contributed by atoms with van der Waals surface area (Å²) in [7, 11) is 0. The molecule has 1 heterocycles. The van der Waals surface area contributed by atoms with Crippen molar-refractivity contribution in [3.8, 4) is 27.9 Å². The molecule has 0 radical (unpaired) electrons. The Hall–Kier alpha value is -8.92. The van der Waals surface area contributed by atoms with Gasteiger partial charge in [0.05, 0.1) is 22.1 Å². The molecule has 0 bridgehead atoms. The number of nitrogens with zero attached hydrogens (tertiary/aromatic N) is 3. The van der Waals surface area contributed by atoms with Crippen LogP contribution in [0.2, 0.25) is 0 Å². The van der Waals surface area contributed by atoms with E-state index in [1.165, 1.54) is 88.8 Å². The maximum atomic E-state index is 2.66. The first-order valence-electron chi connectivity index (χ1n) is 25.8. The summed E-state index contributed by atoms with van der Waals surface area (Å²) in [6, 6.07) is 88.4. The van der Waals surface area contributed by atoms with Gasteiger partial charge in [0.2, 0.25) is 0 Å². The van der Waals surface area contributed by atoms with Crippen LogP contribution < -0.4 is 9.80 Å². The molecule has 0 saturated heterocycles. The maximum Gasteiger partial charge on any atom is 0.0593 e. The van der Waals surface area contributed by atoms with Gasteiger partial charge in [0.25, 0.3) is 0 Å². The second kappa shape index (κ2) is 15.8. The number of rotatable bonds is 7. The molecule has 10 aromatic carbocycles. The Labute approximate surface area is 426 Å². The van der Waals surface area contributed by atoms with Gasteiger partial charge in [-0.2, -0.15) is 0 Å². The van der Waals surface area contributed by atoms with Gasteiger partial charge in [0, 0.05) is 73.3 Å². The van der Waals surface area contributed by atoms with Crippen molar-refractivity contribution in [3.05, 3.63) is 294 Å². The molecule has 0 saturated carbocycles. The van der Waals surface area contributed by atoms with E-state index in [-0.39, 0.29) is 17.3 Å². The molecule has 3 atom stereocenters. The molecule has 0 fully saturated rings. The minimum Gasteiger partial charge on any atom is -0.310 e. The van der Waals surface area contributed by atoms with Crippen molar-refractivity contribution in [1.29, 1.82) is 0 Å². The number of allylic oxidation sites excluding steroid dienone is 4. The summed E-state index contributed by atoms with van der Waals surface area (Å²) >= 11 is 0. The van der Waals surface area contributed by atoms with Crippen molar-refractivity contribution in [2.75, 3.05) is 9.80 Å². The summed E-state index contributed by atoms with van der Waals surface area (Å²) in [5.74, 6) is 0.326. The third-order valence-electron chi connectivity index (χ3n) is 16.8. The highest BCUT2D eigenvalue weighted by Crippen LogP contribution is 2.69. The Morgan fingerprint density at radius 3 is 1.63 bits per heavy atom. The zero-order valence-electron chi connectivity index (χ0n) is 40.8. The molecule has 1 aromatic heterocycles. The molecule has 73 heavy (non-hydrogen) atoms. The number of para-hydroxylation sites is 4. The highest BCUT2D eigenvalue weighted by Gasteiger charge is 2.59. The number of hydrogen-bond acceptors (Lipinski definition) is 2. The van der Waals surface area contributed by atoms with Crippen LogP contribution in [0.25, 0.3) is 49.7 Å². The van der Waals surface area contributed by atoms with Crippen LogP contribution in [-0.2, 0) is 10.8 Å². The fraction of sp³-hybridized carbons (Fsp3) is 0.0857. The molecule has 11 aromatic rings. The van der Waals surface area contributed by atoms with Gasteiger partial charge < -0.3 is 14.4 Å². The number of anilines is 6. The van der Waals surface area contributed by atoms with Crippen molar-refractivity contribution in [2.24, 2.45) is 5.92 Å². The van der Waals surface area contributed by atoms with E-state index in [0.717, 1.165) is 28.4 Å². The average Bonchev–Trinajstić information content (AvgIpc) is 4.13. The van der Waals surface area contributed by atoms with Crippen LogP contribution in [0.4, 0.5) is 34.1 Å². The van der Waals surface area contributed by atoms with Crippen LogP contribution in [0.3, 0.4) is 0 Å². The summed E-state index contributed by atoms with van der Waals surface area (Å²) in [6.45, 7) is 4.80. The zero-order chi connectivity index (χ0) is 48.4. The molecular formula is C70H51N3. The van der Waals surface area contributed by atoms with Crippen LogP contribution in [0.5, 0.6) is 0 Å². The largest absolute Gasteiger partial charge is 0.310 e. The average molecular weight is 934 g/mol. The third kappa shape index (κ3) is 5.82. The summed E-state index contributed by atoms with van der Waals surface area (Å²) in [6.07, 6.45) is 9.56. The summed E-state index contributed by atoms with van der Waals surface area (Å²) in [4.78, 5) is 4.92. The van der Waals surface area contributed by atoms with E-state index in [9.17, 15) is 0 Å². The standard InChI is InChI=1S/C70H51N3/c1-69(2)59-35-19-15-31-52(59)55-41-39-51(44-63(55)69)73-64-42-40-50(71(46-23-7-3-8-24-46)47-25-9-4-10-26-47)43-57(64)58-45-65(72(48-27-11-5-12-28-48)49-29-13-6-14-30-49)66-56-34-18-22-38-62(56)70(67(66)68(58)73)60-36-20-16-32-53(60)54-33-17-21-37-61(54)70/h3-45,53,60H,1-2H3. The number of benzene rings is 10. The molecule has 4 aliphatic rings. The normalized spacial score (nSPS) is 18.1. The second-order valence-corrected chi connectivity index (χ2v) is 20.8. The van der Waals surface area contributed by atoms with E-state index in [0.29, 0.717) is 0 Å². The molecule has 1 spiro atoms. The number of hydrogen-bond donors (Lipinski definition) is 0. The van der Waals surface area contributed by atoms with E-state index in [1.807, 2.05) is 0 Å². The first kappa shape index (κ1) is 41.8. The lowest BCUT2D eigenvalue weighted by Gasteiger charge is -2.37. The fourth-order valence-electron chi connectivity index (χ4n) is 13.9. The molecule has 3 heteroatoms. The number of fused-ring (bicyclic) bond motifs is 17. The summed E-state index contributed by atoms with van der Waals surface area (Å²) < 4.78 is 2.66. The number of aromatic nitrogens is 1. The molecule has 0 aliphatic heterocycles. The summed E-state index contributed by atoms with van der Waals surface area (Å²) in [5.41, 5.74) is 23.0. The lowest BCUT2D eigenvalue weighted by atomic mass is 9.65. The molecule has 3 nitrogen and oxygen atoms in total. The van der Waals surface area contributed by atoms with Gasteiger partial charge in [-0.1, -0.05) is 190 Å². The third-order valence-corrected chi connectivity index (χ3v) is 16.8. The Morgan fingerprint density at radius 2 is 0.959 bits per heavy atom. The van der Waals surface area contributed by atoms with Gasteiger partial charge in [-0.3, -0.25) is 0 Å². The van der Waals surface area contributed by atoms with Gasteiger partial charge in [-0.25, -0.2) is 0 Å². The molecule has 346 valence electrons. The van der Waals surface area contributed by atoms with Crippen molar-refractivity contribution < 1.29 is 0 Å². The van der Waals surface area contributed by atoms with E-state index in [2.05, 4.69) is 289 Å². The molecule has 0 N–H and O–H groups in total. The zero-order valence-corrected chi connectivity index (χ0v) is 40.8. The van der Waals surface area contributed by atoms with E-state index < -0.39 is 5.41 Å².